The van der Waals surface area contributed by atoms with Gasteiger partial charge in [-0.3, -0.25) is 4.79 Å². The highest BCUT2D eigenvalue weighted by Gasteiger charge is 2.29. The van der Waals surface area contributed by atoms with Crippen LogP contribution in [0.15, 0.2) is 48.5 Å². The Labute approximate surface area is 158 Å². The second-order valence-electron chi connectivity index (χ2n) is 6.88. The summed E-state index contributed by atoms with van der Waals surface area (Å²) in [6.07, 6.45) is 2.58. The van der Waals surface area contributed by atoms with Gasteiger partial charge in [-0.25, -0.2) is 9.18 Å². The Morgan fingerprint density at radius 2 is 1.74 bits per heavy atom. The van der Waals surface area contributed by atoms with Crippen molar-refractivity contribution in [3.05, 3.63) is 65.5 Å². The van der Waals surface area contributed by atoms with E-state index in [1.165, 1.54) is 12.1 Å². The summed E-state index contributed by atoms with van der Waals surface area (Å²) >= 11 is 0. The summed E-state index contributed by atoms with van der Waals surface area (Å²) < 4.78 is 12.9. The van der Waals surface area contributed by atoms with E-state index in [4.69, 9.17) is 0 Å². The number of hydrogen-bond acceptors (Lipinski definition) is 2. The van der Waals surface area contributed by atoms with Crippen LogP contribution in [0.1, 0.15) is 36.9 Å². The number of benzene rings is 2. The van der Waals surface area contributed by atoms with Gasteiger partial charge in [0.2, 0.25) is 5.91 Å². The number of hydrogen-bond donors (Lipinski definition) is 3. The van der Waals surface area contributed by atoms with Gasteiger partial charge in [-0.1, -0.05) is 24.3 Å². The molecule has 6 heteroatoms. The van der Waals surface area contributed by atoms with Crippen LogP contribution in [-0.4, -0.2) is 18.5 Å². The molecule has 2 aromatic carbocycles. The minimum absolute atomic E-state index is 0.0782. The van der Waals surface area contributed by atoms with E-state index in [0.29, 0.717) is 13.0 Å². The molecule has 0 spiro atoms. The van der Waals surface area contributed by atoms with Crippen molar-refractivity contribution in [2.45, 2.75) is 32.2 Å². The Hall–Kier alpha value is -2.89. The third kappa shape index (κ3) is 5.81. The molecule has 1 aliphatic carbocycles. The predicted molar refractivity (Wildman–Crippen MR) is 103 cm³/mol. The molecule has 3 rings (SSSR count). The number of anilines is 1. The fourth-order valence-electron chi connectivity index (χ4n) is 2.75. The molecule has 0 bridgehead atoms. The molecule has 3 N–H and O–H groups in total. The molecular weight excluding hydrogens is 345 g/mol. The first-order valence-corrected chi connectivity index (χ1v) is 9.21. The molecule has 0 aliphatic heterocycles. The molecule has 1 unspecified atom stereocenters. The van der Waals surface area contributed by atoms with Crippen LogP contribution in [0.2, 0.25) is 0 Å². The van der Waals surface area contributed by atoms with Gasteiger partial charge in [-0.05, 0) is 61.6 Å². The van der Waals surface area contributed by atoms with Crippen LogP contribution in [-0.2, 0) is 11.2 Å². The lowest BCUT2D eigenvalue weighted by molar-refractivity contribution is -0.117. The zero-order chi connectivity index (χ0) is 19.2. The highest BCUT2D eigenvalue weighted by Crippen LogP contribution is 2.30. The van der Waals surface area contributed by atoms with E-state index in [2.05, 4.69) is 16.0 Å². The second kappa shape index (κ2) is 8.66. The standard InChI is InChI=1S/C21H24FN3O2/c1-14(16-6-10-19(11-7-16)25-20(26)17-4-5-17)24-21(27)23-13-12-15-2-8-18(22)9-3-15/h2-3,6-11,14,17H,4-5,12-13H2,1H3,(H,25,26)(H2,23,24,27). The predicted octanol–water partition coefficient (Wildman–Crippen LogP) is 3.78. The largest absolute Gasteiger partial charge is 0.338 e. The lowest BCUT2D eigenvalue weighted by Gasteiger charge is -2.16. The molecule has 3 amide bonds. The molecule has 1 atom stereocenters. The fourth-order valence-corrected chi connectivity index (χ4v) is 2.75. The first-order valence-electron chi connectivity index (χ1n) is 9.21. The van der Waals surface area contributed by atoms with Gasteiger partial charge < -0.3 is 16.0 Å². The van der Waals surface area contributed by atoms with Gasteiger partial charge >= 0.3 is 6.03 Å². The summed E-state index contributed by atoms with van der Waals surface area (Å²) in [5.41, 5.74) is 2.69. The minimum atomic E-state index is -0.267. The lowest BCUT2D eigenvalue weighted by Crippen LogP contribution is -2.38. The van der Waals surface area contributed by atoms with Crippen LogP contribution in [0.5, 0.6) is 0 Å². The zero-order valence-corrected chi connectivity index (χ0v) is 15.3. The first-order chi connectivity index (χ1) is 13.0. The zero-order valence-electron chi connectivity index (χ0n) is 15.3. The fraction of sp³-hybridized carbons (Fsp3) is 0.333. The average molecular weight is 369 g/mol. The lowest BCUT2D eigenvalue weighted by atomic mass is 10.1. The third-order valence-corrected chi connectivity index (χ3v) is 4.59. The quantitative estimate of drug-likeness (QED) is 0.695. The summed E-state index contributed by atoms with van der Waals surface area (Å²) in [5, 5.41) is 8.58. The van der Waals surface area contributed by atoms with Crippen molar-refractivity contribution in [2.24, 2.45) is 5.92 Å². The van der Waals surface area contributed by atoms with Crippen LogP contribution in [0.25, 0.3) is 0 Å². The normalized spacial score (nSPS) is 14.3. The Morgan fingerprint density at radius 1 is 1.07 bits per heavy atom. The minimum Gasteiger partial charge on any atom is -0.338 e. The third-order valence-electron chi connectivity index (χ3n) is 4.59. The van der Waals surface area contributed by atoms with Gasteiger partial charge in [0.05, 0.1) is 6.04 Å². The smallest absolute Gasteiger partial charge is 0.315 e. The maximum Gasteiger partial charge on any atom is 0.315 e. The van der Waals surface area contributed by atoms with E-state index in [1.54, 1.807) is 12.1 Å². The molecule has 1 fully saturated rings. The molecule has 2 aromatic rings. The average Bonchev–Trinajstić information content (AvgIpc) is 3.49. The molecule has 0 heterocycles. The van der Waals surface area contributed by atoms with E-state index >= 15 is 0 Å². The van der Waals surface area contributed by atoms with Crippen LogP contribution >= 0.6 is 0 Å². The molecule has 1 saturated carbocycles. The van der Waals surface area contributed by atoms with Crippen LogP contribution in [0.4, 0.5) is 14.9 Å². The van der Waals surface area contributed by atoms with Gasteiger partial charge in [0.25, 0.3) is 0 Å². The summed E-state index contributed by atoms with van der Waals surface area (Å²) in [7, 11) is 0. The molecule has 1 aliphatic rings. The number of nitrogens with one attached hydrogen (secondary N) is 3. The Kier molecular flexibility index (Phi) is 6.06. The van der Waals surface area contributed by atoms with Crippen molar-refractivity contribution in [3.8, 4) is 0 Å². The van der Waals surface area contributed by atoms with Crippen molar-refractivity contribution in [1.29, 1.82) is 0 Å². The highest BCUT2D eigenvalue weighted by atomic mass is 19.1. The van der Waals surface area contributed by atoms with Gasteiger partial charge in [0, 0.05) is 18.2 Å². The molecule has 142 valence electrons. The summed E-state index contributed by atoms with van der Waals surface area (Å²) in [4.78, 5) is 23.8. The molecule has 0 radical (unpaired) electrons. The van der Waals surface area contributed by atoms with E-state index in [1.807, 2.05) is 31.2 Å². The van der Waals surface area contributed by atoms with E-state index in [0.717, 1.165) is 29.7 Å². The number of carbonyl (C=O) groups excluding carboxylic acids is 2. The Morgan fingerprint density at radius 3 is 2.37 bits per heavy atom. The molecule has 0 saturated heterocycles. The van der Waals surface area contributed by atoms with E-state index in [-0.39, 0.29) is 29.7 Å². The number of halogens is 1. The SMILES string of the molecule is CC(NC(=O)NCCc1ccc(F)cc1)c1ccc(NC(=O)C2CC2)cc1. The summed E-state index contributed by atoms with van der Waals surface area (Å²) in [6.45, 7) is 2.37. The van der Waals surface area contributed by atoms with Gasteiger partial charge in [-0.2, -0.15) is 0 Å². The Balaban J connectivity index is 1.41. The van der Waals surface area contributed by atoms with Gasteiger partial charge in [0.1, 0.15) is 5.82 Å². The van der Waals surface area contributed by atoms with Crippen LogP contribution in [0, 0.1) is 11.7 Å². The van der Waals surface area contributed by atoms with Crippen molar-refractivity contribution in [3.63, 3.8) is 0 Å². The number of urea groups is 1. The van der Waals surface area contributed by atoms with Crippen molar-refractivity contribution in [1.82, 2.24) is 10.6 Å². The topological polar surface area (TPSA) is 70.2 Å². The Bertz CT molecular complexity index is 786. The first kappa shape index (κ1) is 18.9. The molecule has 0 aromatic heterocycles. The van der Waals surface area contributed by atoms with Crippen molar-refractivity contribution in [2.75, 3.05) is 11.9 Å². The van der Waals surface area contributed by atoms with Gasteiger partial charge in [-0.15, -0.1) is 0 Å². The second-order valence-corrected chi connectivity index (χ2v) is 6.88. The van der Waals surface area contributed by atoms with E-state index < -0.39 is 0 Å². The van der Waals surface area contributed by atoms with Crippen LogP contribution in [0.3, 0.4) is 0 Å². The molecular formula is C21H24FN3O2. The van der Waals surface area contributed by atoms with Crippen LogP contribution < -0.4 is 16.0 Å². The molecule has 5 nitrogen and oxygen atoms in total. The monoisotopic (exact) mass is 369 g/mol. The maximum absolute atomic E-state index is 12.9. The number of amides is 3. The molecule has 27 heavy (non-hydrogen) atoms. The highest BCUT2D eigenvalue weighted by molar-refractivity contribution is 5.94. The number of carbonyl (C=O) groups is 2. The summed E-state index contributed by atoms with van der Waals surface area (Å²) in [6, 6.07) is 13.3. The van der Waals surface area contributed by atoms with E-state index in [9.17, 15) is 14.0 Å². The number of rotatable bonds is 7. The van der Waals surface area contributed by atoms with Crippen molar-refractivity contribution >= 4 is 17.6 Å². The maximum atomic E-state index is 12.9. The summed E-state index contributed by atoms with van der Waals surface area (Å²) in [5.74, 6) is -0.0188. The van der Waals surface area contributed by atoms with Crippen molar-refractivity contribution < 1.29 is 14.0 Å². The van der Waals surface area contributed by atoms with Gasteiger partial charge in [0.15, 0.2) is 0 Å².